The van der Waals surface area contributed by atoms with Crippen molar-refractivity contribution in [2.45, 2.75) is 0 Å². The summed E-state index contributed by atoms with van der Waals surface area (Å²) in [5.41, 5.74) is 2.37. The average molecular weight is 326 g/mol. The summed E-state index contributed by atoms with van der Waals surface area (Å²) in [5, 5.41) is 57.0. The van der Waals surface area contributed by atoms with Crippen LogP contribution in [-0.4, -0.2) is 30.6 Å². The van der Waals surface area contributed by atoms with Crippen LogP contribution >= 0.6 is 0 Å². The van der Waals surface area contributed by atoms with Crippen LogP contribution in [0, 0.1) is 0 Å². The van der Waals surface area contributed by atoms with E-state index >= 15 is 0 Å². The van der Waals surface area contributed by atoms with Crippen LogP contribution in [-0.2, 0) is 0 Å². The van der Waals surface area contributed by atoms with E-state index in [-0.39, 0.29) is 0 Å². The van der Waals surface area contributed by atoms with E-state index in [4.69, 9.17) is 0 Å². The maximum atomic E-state index is 9.57. The van der Waals surface area contributed by atoms with Crippen LogP contribution in [0.15, 0.2) is 48.5 Å². The van der Waals surface area contributed by atoms with E-state index in [0.29, 0.717) is 22.3 Å². The van der Waals surface area contributed by atoms with Gasteiger partial charge in [0.15, 0.2) is 34.5 Å². The van der Waals surface area contributed by atoms with Gasteiger partial charge in [-0.05, 0) is 46.5 Å². The third-order valence-electron chi connectivity index (χ3n) is 3.69. The summed E-state index contributed by atoms with van der Waals surface area (Å²) in [7, 11) is 0. The Morgan fingerprint density at radius 2 is 0.625 bits per heavy atom. The Bertz CT molecular complexity index is 793. The van der Waals surface area contributed by atoms with E-state index < -0.39 is 34.5 Å². The van der Waals surface area contributed by atoms with Crippen LogP contribution in [0.5, 0.6) is 34.5 Å². The number of hydrogen-bond donors (Lipinski definition) is 6. The normalized spacial score (nSPS) is 10.7. The highest BCUT2D eigenvalue weighted by Crippen LogP contribution is 2.41. The zero-order valence-corrected chi connectivity index (χ0v) is 12.3. The fourth-order valence-corrected chi connectivity index (χ4v) is 2.40. The Balaban J connectivity index is 2.00. The zero-order valence-electron chi connectivity index (χ0n) is 12.3. The van der Waals surface area contributed by atoms with Crippen molar-refractivity contribution in [1.29, 1.82) is 0 Å². The van der Waals surface area contributed by atoms with Gasteiger partial charge in [0.25, 0.3) is 0 Å². The van der Waals surface area contributed by atoms with E-state index in [2.05, 4.69) is 0 Å². The molecular weight excluding hydrogens is 312 g/mol. The Kier molecular flexibility index (Phi) is 3.57. The molecule has 0 radical (unpaired) electrons. The Morgan fingerprint density at radius 3 is 0.875 bits per heavy atom. The van der Waals surface area contributed by atoms with Gasteiger partial charge in [-0.2, -0.15) is 0 Å². The molecule has 0 aliphatic carbocycles. The molecule has 6 N–H and O–H groups in total. The highest BCUT2D eigenvalue weighted by Gasteiger charge is 2.11. The summed E-state index contributed by atoms with van der Waals surface area (Å²) in [6.07, 6.45) is 0. The van der Waals surface area contributed by atoms with Crippen LogP contribution in [0.25, 0.3) is 22.3 Å². The lowest BCUT2D eigenvalue weighted by atomic mass is 9.99. The van der Waals surface area contributed by atoms with Gasteiger partial charge in [0.2, 0.25) is 0 Å². The first-order valence-corrected chi connectivity index (χ1v) is 6.97. The predicted molar refractivity (Wildman–Crippen MR) is 87.3 cm³/mol. The van der Waals surface area contributed by atoms with E-state index in [9.17, 15) is 30.6 Å². The summed E-state index contributed by atoms with van der Waals surface area (Å²) in [6.45, 7) is 0. The summed E-state index contributed by atoms with van der Waals surface area (Å²) in [4.78, 5) is 0. The van der Waals surface area contributed by atoms with Crippen molar-refractivity contribution in [3.8, 4) is 56.8 Å². The SMILES string of the molecule is Oc1cc(-c2ccc(-c3cc(O)c(O)c(O)c3)cc2)cc(O)c1O. The number of benzene rings is 3. The number of rotatable bonds is 2. The second kappa shape index (κ2) is 5.58. The minimum absolute atomic E-state index is 0.428. The molecule has 0 bridgehead atoms. The summed E-state index contributed by atoms with van der Waals surface area (Å²) < 4.78 is 0. The zero-order chi connectivity index (χ0) is 17.4. The van der Waals surface area contributed by atoms with Crippen LogP contribution in [0.1, 0.15) is 0 Å². The quantitative estimate of drug-likeness (QED) is 0.402. The monoisotopic (exact) mass is 326 g/mol. The molecule has 0 atom stereocenters. The van der Waals surface area contributed by atoms with Gasteiger partial charge in [0, 0.05) is 0 Å². The summed E-state index contributed by atoms with van der Waals surface area (Å²) >= 11 is 0. The molecule has 122 valence electrons. The fraction of sp³-hybridized carbons (Fsp3) is 0. The Labute approximate surface area is 136 Å². The number of hydrogen-bond acceptors (Lipinski definition) is 6. The second-order valence-corrected chi connectivity index (χ2v) is 5.30. The van der Waals surface area contributed by atoms with Crippen LogP contribution in [0.4, 0.5) is 0 Å². The number of phenols is 6. The van der Waals surface area contributed by atoms with Crippen molar-refractivity contribution in [2.24, 2.45) is 0 Å². The predicted octanol–water partition coefficient (Wildman–Crippen LogP) is 3.25. The third kappa shape index (κ3) is 2.61. The van der Waals surface area contributed by atoms with Gasteiger partial charge in [-0.25, -0.2) is 0 Å². The highest BCUT2D eigenvalue weighted by molar-refractivity contribution is 5.75. The van der Waals surface area contributed by atoms with Crippen molar-refractivity contribution in [2.75, 3.05) is 0 Å². The first-order valence-electron chi connectivity index (χ1n) is 6.97. The lowest BCUT2D eigenvalue weighted by molar-refractivity contribution is 0.368. The molecule has 3 rings (SSSR count). The third-order valence-corrected chi connectivity index (χ3v) is 3.69. The maximum Gasteiger partial charge on any atom is 0.200 e. The molecule has 3 aromatic rings. The van der Waals surface area contributed by atoms with Crippen LogP contribution in [0.3, 0.4) is 0 Å². The smallest absolute Gasteiger partial charge is 0.200 e. The van der Waals surface area contributed by atoms with Gasteiger partial charge in [0.1, 0.15) is 0 Å². The summed E-state index contributed by atoms with van der Waals surface area (Å²) in [6, 6.07) is 12.1. The minimum Gasteiger partial charge on any atom is -0.504 e. The van der Waals surface area contributed by atoms with E-state index in [1.54, 1.807) is 24.3 Å². The standard InChI is InChI=1S/C18H14O6/c19-13-5-11(6-14(20)17(13)23)9-1-2-10(4-3-9)12-7-15(21)18(24)16(22)8-12/h1-8,19-24H. The summed E-state index contributed by atoms with van der Waals surface area (Å²) in [5.74, 6) is -2.87. The van der Waals surface area contributed by atoms with Crippen molar-refractivity contribution >= 4 is 0 Å². The molecule has 0 saturated carbocycles. The molecule has 0 spiro atoms. The molecule has 0 aromatic heterocycles. The van der Waals surface area contributed by atoms with Gasteiger partial charge < -0.3 is 30.6 Å². The molecule has 0 saturated heterocycles. The maximum absolute atomic E-state index is 9.57. The Hall–Kier alpha value is -3.54. The molecule has 3 aromatic carbocycles. The van der Waals surface area contributed by atoms with E-state index in [1.165, 1.54) is 24.3 Å². The largest absolute Gasteiger partial charge is 0.504 e. The average Bonchev–Trinajstić information content (AvgIpc) is 2.57. The van der Waals surface area contributed by atoms with Crippen LogP contribution < -0.4 is 0 Å². The molecule has 0 fully saturated rings. The fourth-order valence-electron chi connectivity index (χ4n) is 2.40. The number of phenolic OH excluding ortho intramolecular Hbond substituents is 6. The van der Waals surface area contributed by atoms with Gasteiger partial charge in [0.05, 0.1) is 0 Å². The van der Waals surface area contributed by atoms with Gasteiger partial charge >= 0.3 is 0 Å². The van der Waals surface area contributed by atoms with Gasteiger partial charge in [-0.3, -0.25) is 0 Å². The minimum atomic E-state index is -0.578. The second-order valence-electron chi connectivity index (χ2n) is 5.30. The molecule has 0 aliphatic heterocycles. The van der Waals surface area contributed by atoms with Gasteiger partial charge in [-0.15, -0.1) is 0 Å². The van der Waals surface area contributed by atoms with E-state index in [1.807, 2.05) is 0 Å². The highest BCUT2D eigenvalue weighted by atomic mass is 16.3. The van der Waals surface area contributed by atoms with Crippen molar-refractivity contribution in [3.05, 3.63) is 48.5 Å². The van der Waals surface area contributed by atoms with Crippen molar-refractivity contribution in [3.63, 3.8) is 0 Å². The Morgan fingerprint density at radius 1 is 0.375 bits per heavy atom. The molecule has 6 heteroatoms. The number of aromatic hydroxyl groups is 6. The van der Waals surface area contributed by atoms with Gasteiger partial charge in [-0.1, -0.05) is 24.3 Å². The molecule has 0 unspecified atom stereocenters. The molecule has 24 heavy (non-hydrogen) atoms. The first kappa shape index (κ1) is 15.4. The molecule has 0 aliphatic rings. The van der Waals surface area contributed by atoms with Crippen LogP contribution in [0.2, 0.25) is 0 Å². The molecule has 0 heterocycles. The topological polar surface area (TPSA) is 121 Å². The van der Waals surface area contributed by atoms with Crippen molar-refractivity contribution in [1.82, 2.24) is 0 Å². The van der Waals surface area contributed by atoms with E-state index in [0.717, 1.165) is 0 Å². The molecular formula is C18H14O6. The first-order chi connectivity index (χ1) is 11.4. The molecule has 6 nitrogen and oxygen atoms in total. The lowest BCUT2D eigenvalue weighted by Crippen LogP contribution is -1.82. The van der Waals surface area contributed by atoms with Crippen molar-refractivity contribution < 1.29 is 30.6 Å². The molecule has 0 amide bonds. The lowest BCUT2D eigenvalue weighted by Gasteiger charge is -2.09.